The molecule has 0 aliphatic carbocycles. The molecule has 0 aliphatic heterocycles. The molecule has 0 saturated heterocycles. The molecule has 0 unspecified atom stereocenters. The number of halogens is 1. The molecular weight excluding hydrogens is 281 g/mol. The Kier molecular flexibility index (Phi) is 5.31. The molecule has 3 nitrogen and oxygen atoms in total. The van der Waals surface area contributed by atoms with Gasteiger partial charge in [-0.1, -0.05) is 24.3 Å². The average molecular weight is 299 g/mol. The van der Waals surface area contributed by atoms with Crippen LogP contribution < -0.4 is 5.32 Å². The largest absolute Gasteiger partial charge is 0.501 e. The van der Waals surface area contributed by atoms with Gasteiger partial charge in [-0.3, -0.25) is 4.79 Å². The molecule has 0 fully saturated rings. The number of carbonyl (C=O) groups is 1. The molecule has 0 saturated carbocycles. The summed E-state index contributed by atoms with van der Waals surface area (Å²) in [6.07, 6.45) is 3.15. The smallest absolute Gasteiger partial charge is 0.256 e. The van der Waals surface area contributed by atoms with Crippen LogP contribution in [0.4, 0.5) is 10.1 Å². The van der Waals surface area contributed by atoms with Crippen LogP contribution in [-0.2, 0) is 4.74 Å². The van der Waals surface area contributed by atoms with Crippen molar-refractivity contribution in [3.63, 3.8) is 0 Å². The van der Waals surface area contributed by atoms with E-state index >= 15 is 0 Å². The zero-order valence-corrected chi connectivity index (χ0v) is 12.6. The van der Waals surface area contributed by atoms with Gasteiger partial charge in [-0.2, -0.15) is 0 Å². The van der Waals surface area contributed by atoms with Gasteiger partial charge in [0, 0.05) is 11.3 Å². The van der Waals surface area contributed by atoms with Gasteiger partial charge < -0.3 is 10.1 Å². The van der Waals surface area contributed by atoms with Gasteiger partial charge in [0.05, 0.1) is 12.9 Å². The summed E-state index contributed by atoms with van der Waals surface area (Å²) in [6, 6.07) is 11.5. The summed E-state index contributed by atoms with van der Waals surface area (Å²) < 4.78 is 18.6. The molecule has 0 heterocycles. The molecule has 1 amide bonds. The molecule has 2 rings (SSSR count). The zero-order chi connectivity index (χ0) is 15.9. The van der Waals surface area contributed by atoms with Gasteiger partial charge in [-0.15, -0.1) is 0 Å². The van der Waals surface area contributed by atoms with Crippen LogP contribution in [0.25, 0.3) is 6.08 Å². The molecule has 0 bridgehead atoms. The zero-order valence-electron chi connectivity index (χ0n) is 12.6. The summed E-state index contributed by atoms with van der Waals surface area (Å²) in [5, 5.41) is 2.80. The van der Waals surface area contributed by atoms with Crippen molar-refractivity contribution in [1.82, 2.24) is 0 Å². The third-order valence-electron chi connectivity index (χ3n) is 3.16. The van der Waals surface area contributed by atoms with Crippen LogP contribution in [0.3, 0.4) is 0 Å². The highest BCUT2D eigenvalue weighted by Crippen LogP contribution is 2.18. The second kappa shape index (κ2) is 7.41. The highest BCUT2D eigenvalue weighted by Gasteiger charge is 2.12. The molecule has 0 aliphatic rings. The molecule has 0 radical (unpaired) electrons. The topological polar surface area (TPSA) is 38.3 Å². The standard InChI is InChI=1S/C18H18FNO2/c1-3-22-11-10-14-8-9-15(19)12-16(14)18(21)20-17-7-5-4-6-13(17)2/h4-12H,3H2,1-2H3,(H,20,21). The molecule has 0 atom stereocenters. The summed E-state index contributed by atoms with van der Waals surface area (Å²) in [4.78, 5) is 12.4. The summed E-state index contributed by atoms with van der Waals surface area (Å²) in [6.45, 7) is 4.29. The third kappa shape index (κ3) is 3.95. The quantitative estimate of drug-likeness (QED) is 0.831. The van der Waals surface area contributed by atoms with Gasteiger partial charge in [0.2, 0.25) is 0 Å². The van der Waals surface area contributed by atoms with E-state index in [1.165, 1.54) is 18.4 Å². The van der Waals surface area contributed by atoms with Crippen molar-refractivity contribution in [3.05, 3.63) is 71.2 Å². The summed E-state index contributed by atoms with van der Waals surface area (Å²) in [5.74, 6) is -0.812. The molecule has 0 aromatic heterocycles. The number of anilines is 1. The maximum absolute atomic E-state index is 13.5. The summed E-state index contributed by atoms with van der Waals surface area (Å²) in [7, 11) is 0. The minimum atomic E-state index is -0.455. The Morgan fingerprint density at radius 3 is 2.77 bits per heavy atom. The van der Waals surface area contributed by atoms with E-state index in [2.05, 4.69) is 5.32 Å². The number of carbonyl (C=O) groups excluding carboxylic acids is 1. The van der Waals surface area contributed by atoms with E-state index in [0.717, 1.165) is 5.56 Å². The van der Waals surface area contributed by atoms with Crippen LogP contribution in [0.5, 0.6) is 0 Å². The Bertz CT molecular complexity index is 695. The van der Waals surface area contributed by atoms with Crippen LogP contribution >= 0.6 is 0 Å². The van der Waals surface area contributed by atoms with Crippen LogP contribution in [0.1, 0.15) is 28.4 Å². The van der Waals surface area contributed by atoms with Gasteiger partial charge in [0.15, 0.2) is 0 Å². The first-order valence-corrected chi connectivity index (χ1v) is 7.06. The Balaban J connectivity index is 2.28. The number of para-hydroxylation sites is 1. The maximum atomic E-state index is 13.5. The SMILES string of the molecule is CCOC=Cc1ccc(F)cc1C(=O)Nc1ccccc1C. The summed E-state index contributed by atoms with van der Waals surface area (Å²) >= 11 is 0. The lowest BCUT2D eigenvalue weighted by molar-refractivity contribution is 0.102. The average Bonchev–Trinajstić information content (AvgIpc) is 2.51. The Morgan fingerprint density at radius 2 is 2.05 bits per heavy atom. The number of amides is 1. The van der Waals surface area contributed by atoms with Gasteiger partial charge in [0.25, 0.3) is 5.91 Å². The van der Waals surface area contributed by atoms with Gasteiger partial charge >= 0.3 is 0 Å². The van der Waals surface area contributed by atoms with E-state index in [-0.39, 0.29) is 11.5 Å². The van der Waals surface area contributed by atoms with Crippen molar-refractivity contribution in [2.75, 3.05) is 11.9 Å². The normalized spacial score (nSPS) is 10.7. The van der Waals surface area contributed by atoms with Crippen molar-refractivity contribution in [3.8, 4) is 0 Å². The second-order valence-corrected chi connectivity index (χ2v) is 4.76. The predicted octanol–water partition coefficient (Wildman–Crippen LogP) is 4.39. The van der Waals surface area contributed by atoms with Gasteiger partial charge in [-0.25, -0.2) is 4.39 Å². The third-order valence-corrected chi connectivity index (χ3v) is 3.16. The highest BCUT2D eigenvalue weighted by molar-refractivity contribution is 6.06. The second-order valence-electron chi connectivity index (χ2n) is 4.76. The van der Waals surface area contributed by atoms with Crippen LogP contribution in [0, 0.1) is 12.7 Å². The lowest BCUT2D eigenvalue weighted by atomic mass is 10.1. The van der Waals surface area contributed by atoms with E-state index in [1.807, 2.05) is 38.1 Å². The van der Waals surface area contributed by atoms with Crippen molar-refractivity contribution < 1.29 is 13.9 Å². The van der Waals surface area contributed by atoms with E-state index in [0.29, 0.717) is 17.9 Å². The van der Waals surface area contributed by atoms with Crippen molar-refractivity contribution in [2.24, 2.45) is 0 Å². The Labute approximate surface area is 129 Å². The molecule has 22 heavy (non-hydrogen) atoms. The Hall–Kier alpha value is -2.62. The fourth-order valence-electron chi connectivity index (χ4n) is 1.99. The highest BCUT2D eigenvalue weighted by atomic mass is 19.1. The molecule has 2 aromatic rings. The van der Waals surface area contributed by atoms with Crippen LogP contribution in [-0.4, -0.2) is 12.5 Å². The molecule has 0 spiro atoms. The maximum Gasteiger partial charge on any atom is 0.256 e. The van der Waals surface area contributed by atoms with E-state index in [1.54, 1.807) is 12.1 Å². The van der Waals surface area contributed by atoms with Crippen LogP contribution in [0.2, 0.25) is 0 Å². The van der Waals surface area contributed by atoms with Gasteiger partial charge in [0.1, 0.15) is 5.82 Å². The number of benzene rings is 2. The monoisotopic (exact) mass is 299 g/mol. The number of nitrogens with one attached hydrogen (secondary N) is 1. The van der Waals surface area contributed by atoms with Crippen molar-refractivity contribution in [1.29, 1.82) is 0 Å². The molecular formula is C18H18FNO2. The van der Waals surface area contributed by atoms with Crippen molar-refractivity contribution >= 4 is 17.7 Å². The number of aryl methyl sites for hydroxylation is 1. The molecule has 4 heteroatoms. The van der Waals surface area contributed by atoms with E-state index < -0.39 is 5.82 Å². The fraction of sp³-hybridized carbons (Fsp3) is 0.167. The first-order chi connectivity index (χ1) is 10.6. The lowest BCUT2D eigenvalue weighted by Gasteiger charge is -2.10. The Morgan fingerprint density at radius 1 is 1.27 bits per heavy atom. The first kappa shape index (κ1) is 15.8. The number of hydrogen-bond acceptors (Lipinski definition) is 2. The summed E-state index contributed by atoms with van der Waals surface area (Å²) in [5.41, 5.74) is 2.51. The molecule has 2 aromatic carbocycles. The lowest BCUT2D eigenvalue weighted by Crippen LogP contribution is -2.14. The minimum absolute atomic E-state index is 0.263. The van der Waals surface area contributed by atoms with Crippen molar-refractivity contribution in [2.45, 2.75) is 13.8 Å². The minimum Gasteiger partial charge on any atom is -0.501 e. The predicted molar refractivity (Wildman–Crippen MR) is 86.2 cm³/mol. The molecule has 1 N–H and O–H groups in total. The molecule has 114 valence electrons. The van der Waals surface area contributed by atoms with E-state index in [4.69, 9.17) is 4.74 Å². The first-order valence-electron chi connectivity index (χ1n) is 7.06. The van der Waals surface area contributed by atoms with E-state index in [9.17, 15) is 9.18 Å². The number of hydrogen-bond donors (Lipinski definition) is 1. The number of ether oxygens (including phenoxy) is 1. The van der Waals surface area contributed by atoms with Crippen LogP contribution in [0.15, 0.2) is 48.7 Å². The number of rotatable bonds is 5. The fourth-order valence-corrected chi connectivity index (χ4v) is 1.99. The van der Waals surface area contributed by atoms with Gasteiger partial charge in [-0.05, 0) is 49.2 Å².